The van der Waals surface area contributed by atoms with Gasteiger partial charge in [-0.3, -0.25) is 0 Å². The first-order chi connectivity index (χ1) is 6.34. The summed E-state index contributed by atoms with van der Waals surface area (Å²) in [7, 11) is 0. The van der Waals surface area contributed by atoms with Crippen molar-refractivity contribution in [3.05, 3.63) is 15.6 Å². The van der Waals surface area contributed by atoms with Gasteiger partial charge >= 0.3 is 0 Å². The van der Waals surface area contributed by atoms with E-state index in [-0.39, 0.29) is 6.10 Å². The number of fused-ring (bicyclic) bond motifs is 1. The number of aliphatic hydroxyl groups excluding tert-OH is 1. The van der Waals surface area contributed by atoms with Crippen molar-refractivity contribution in [1.82, 2.24) is 10.3 Å². The lowest BCUT2D eigenvalue weighted by molar-refractivity contribution is 0.168. The van der Waals surface area contributed by atoms with Crippen LogP contribution in [0.3, 0.4) is 0 Å². The van der Waals surface area contributed by atoms with Gasteiger partial charge in [-0.05, 0) is 12.8 Å². The van der Waals surface area contributed by atoms with E-state index in [1.165, 1.54) is 17.8 Å². The van der Waals surface area contributed by atoms with Crippen molar-refractivity contribution in [2.75, 3.05) is 6.54 Å². The third-order valence-corrected chi connectivity index (χ3v) is 3.96. The summed E-state index contributed by atoms with van der Waals surface area (Å²) in [6.07, 6.45) is 2.25. The number of rotatable bonds is 1. The van der Waals surface area contributed by atoms with Crippen LogP contribution in [0.5, 0.6) is 0 Å². The smallest absolute Gasteiger partial charge is 0.102 e. The number of hydrogen-bond acceptors (Lipinski definition) is 4. The highest BCUT2D eigenvalue weighted by Gasteiger charge is 2.30. The molecule has 3 nitrogen and oxygen atoms in total. The average Bonchev–Trinajstić information content (AvgIpc) is 2.87. The highest BCUT2D eigenvalue weighted by atomic mass is 32.1. The van der Waals surface area contributed by atoms with Crippen LogP contribution in [0.2, 0.25) is 0 Å². The summed E-state index contributed by atoms with van der Waals surface area (Å²) in [5.74, 6) is 0.711. The summed E-state index contributed by atoms with van der Waals surface area (Å²) in [6, 6.07) is 0. The fourth-order valence-corrected chi connectivity index (χ4v) is 2.93. The summed E-state index contributed by atoms with van der Waals surface area (Å²) in [4.78, 5) is 5.66. The van der Waals surface area contributed by atoms with E-state index in [9.17, 15) is 5.11 Å². The van der Waals surface area contributed by atoms with E-state index in [4.69, 9.17) is 0 Å². The van der Waals surface area contributed by atoms with E-state index in [0.29, 0.717) is 12.5 Å². The molecule has 1 saturated carbocycles. The third kappa shape index (κ3) is 1.29. The number of nitrogens with one attached hydrogen (secondary N) is 1. The Bertz CT molecular complexity index is 332. The van der Waals surface area contributed by atoms with Crippen LogP contribution in [0.1, 0.15) is 40.4 Å². The molecule has 0 bridgehead atoms. The zero-order chi connectivity index (χ0) is 8.84. The molecule has 2 N–H and O–H groups in total. The number of β-amino-alcohol motifs (C(OH)–C–C–N with tert-alkyl or cyclic N) is 1. The Kier molecular flexibility index (Phi) is 1.68. The Labute approximate surface area is 80.8 Å². The number of aliphatic hydroxyl groups is 1. The lowest BCUT2D eigenvalue weighted by Crippen LogP contribution is -2.26. The monoisotopic (exact) mass is 196 g/mol. The molecule has 3 rings (SSSR count). The minimum absolute atomic E-state index is 0.325. The zero-order valence-corrected chi connectivity index (χ0v) is 8.10. The van der Waals surface area contributed by atoms with Gasteiger partial charge in [0.2, 0.25) is 0 Å². The highest BCUT2D eigenvalue weighted by molar-refractivity contribution is 7.12. The summed E-state index contributed by atoms with van der Waals surface area (Å²) < 4.78 is 0. The van der Waals surface area contributed by atoms with Gasteiger partial charge in [-0.15, -0.1) is 11.3 Å². The number of hydrogen-bond donors (Lipinski definition) is 2. The SMILES string of the molecule is OC1CNCc2nc(C3CC3)sc21. The maximum Gasteiger partial charge on any atom is 0.102 e. The Hall–Kier alpha value is -0.450. The molecule has 70 valence electrons. The quantitative estimate of drug-likeness (QED) is 0.708. The Morgan fingerprint density at radius 3 is 3.00 bits per heavy atom. The van der Waals surface area contributed by atoms with Gasteiger partial charge in [0.1, 0.15) is 6.10 Å². The zero-order valence-electron chi connectivity index (χ0n) is 7.29. The second-order valence-corrected chi connectivity index (χ2v) is 4.85. The fraction of sp³-hybridized carbons (Fsp3) is 0.667. The molecule has 1 fully saturated rings. The molecule has 1 aromatic heterocycles. The van der Waals surface area contributed by atoms with Crippen LogP contribution in [0.25, 0.3) is 0 Å². The van der Waals surface area contributed by atoms with E-state index in [0.717, 1.165) is 17.1 Å². The van der Waals surface area contributed by atoms with E-state index in [1.807, 2.05) is 0 Å². The molecule has 13 heavy (non-hydrogen) atoms. The molecule has 0 aromatic carbocycles. The van der Waals surface area contributed by atoms with Gasteiger partial charge in [0, 0.05) is 19.0 Å². The van der Waals surface area contributed by atoms with Crippen molar-refractivity contribution in [2.45, 2.75) is 31.4 Å². The lowest BCUT2D eigenvalue weighted by atomic mass is 10.2. The van der Waals surface area contributed by atoms with Crippen molar-refractivity contribution in [3.8, 4) is 0 Å². The summed E-state index contributed by atoms with van der Waals surface area (Å²) in [5, 5.41) is 14.1. The van der Waals surface area contributed by atoms with Crippen molar-refractivity contribution >= 4 is 11.3 Å². The molecule has 2 heterocycles. The maximum atomic E-state index is 9.68. The molecule has 0 radical (unpaired) electrons. The van der Waals surface area contributed by atoms with Crippen LogP contribution in [0.4, 0.5) is 0 Å². The topological polar surface area (TPSA) is 45.1 Å². The van der Waals surface area contributed by atoms with Crippen LogP contribution in [-0.2, 0) is 6.54 Å². The minimum atomic E-state index is -0.325. The van der Waals surface area contributed by atoms with Gasteiger partial charge in [-0.1, -0.05) is 0 Å². The molecule has 1 aliphatic heterocycles. The van der Waals surface area contributed by atoms with Crippen LogP contribution < -0.4 is 5.32 Å². The molecule has 4 heteroatoms. The van der Waals surface area contributed by atoms with Crippen molar-refractivity contribution in [1.29, 1.82) is 0 Å². The summed E-state index contributed by atoms with van der Waals surface area (Å²) >= 11 is 1.71. The first-order valence-corrected chi connectivity index (χ1v) is 5.54. The molecular weight excluding hydrogens is 184 g/mol. The second-order valence-electron chi connectivity index (χ2n) is 3.78. The normalized spacial score (nSPS) is 27.3. The van der Waals surface area contributed by atoms with Crippen molar-refractivity contribution in [2.24, 2.45) is 0 Å². The standard InChI is InChI=1S/C9H12N2OS/c12-7-4-10-3-6-8(7)13-9(11-6)5-1-2-5/h5,7,10,12H,1-4H2. The van der Waals surface area contributed by atoms with E-state index >= 15 is 0 Å². The second kappa shape index (κ2) is 2.77. The summed E-state index contributed by atoms with van der Waals surface area (Å²) in [6.45, 7) is 1.51. The molecule has 1 aliphatic carbocycles. The van der Waals surface area contributed by atoms with Gasteiger partial charge in [0.15, 0.2) is 0 Å². The van der Waals surface area contributed by atoms with Crippen LogP contribution in [0, 0.1) is 0 Å². The van der Waals surface area contributed by atoms with E-state index < -0.39 is 0 Å². The molecule has 0 saturated heterocycles. The number of thiazole rings is 1. The third-order valence-electron chi connectivity index (χ3n) is 2.60. The van der Waals surface area contributed by atoms with Gasteiger partial charge in [-0.25, -0.2) is 4.98 Å². The summed E-state index contributed by atoms with van der Waals surface area (Å²) in [5.41, 5.74) is 1.07. The Balaban J connectivity index is 1.99. The molecule has 0 amide bonds. The van der Waals surface area contributed by atoms with Gasteiger partial charge < -0.3 is 10.4 Å². The average molecular weight is 196 g/mol. The number of aromatic nitrogens is 1. The predicted octanol–water partition coefficient (Wildman–Crippen LogP) is 1.16. The van der Waals surface area contributed by atoms with Crippen molar-refractivity contribution < 1.29 is 5.11 Å². The first kappa shape index (κ1) is 7.91. The van der Waals surface area contributed by atoms with E-state index in [2.05, 4.69) is 10.3 Å². The molecule has 1 atom stereocenters. The van der Waals surface area contributed by atoms with Crippen LogP contribution in [0.15, 0.2) is 0 Å². The van der Waals surface area contributed by atoms with Crippen LogP contribution in [-0.4, -0.2) is 16.6 Å². The van der Waals surface area contributed by atoms with Crippen LogP contribution >= 0.6 is 11.3 Å². The Morgan fingerprint density at radius 1 is 1.46 bits per heavy atom. The largest absolute Gasteiger partial charge is 0.386 e. The molecule has 2 aliphatic rings. The van der Waals surface area contributed by atoms with Gasteiger partial charge in [0.25, 0.3) is 0 Å². The lowest BCUT2D eigenvalue weighted by Gasteiger charge is -2.16. The first-order valence-electron chi connectivity index (χ1n) is 4.73. The highest BCUT2D eigenvalue weighted by Crippen LogP contribution is 2.44. The van der Waals surface area contributed by atoms with Gasteiger partial charge in [0.05, 0.1) is 15.6 Å². The van der Waals surface area contributed by atoms with E-state index in [1.54, 1.807) is 11.3 Å². The maximum absolute atomic E-state index is 9.68. The van der Waals surface area contributed by atoms with Crippen molar-refractivity contribution in [3.63, 3.8) is 0 Å². The Morgan fingerprint density at radius 2 is 2.31 bits per heavy atom. The molecular formula is C9H12N2OS. The molecule has 0 spiro atoms. The molecule has 1 unspecified atom stereocenters. The van der Waals surface area contributed by atoms with Gasteiger partial charge in [-0.2, -0.15) is 0 Å². The predicted molar refractivity (Wildman–Crippen MR) is 50.8 cm³/mol. The molecule has 1 aromatic rings. The minimum Gasteiger partial charge on any atom is -0.386 e. The fourth-order valence-electron chi connectivity index (χ4n) is 1.69. The number of nitrogens with zero attached hydrogens (tertiary/aromatic N) is 1.